The Hall–Kier alpha value is -3.56. The van der Waals surface area contributed by atoms with Crippen LogP contribution in [0.5, 0.6) is 5.75 Å². The molecule has 0 radical (unpaired) electrons. The van der Waals surface area contributed by atoms with Crippen molar-refractivity contribution < 1.29 is 52.5 Å². The first-order valence-corrected chi connectivity index (χ1v) is 21.3. The van der Waals surface area contributed by atoms with Crippen molar-refractivity contribution in [2.75, 3.05) is 20.2 Å². The number of methoxy groups -OCH3 is 1. The van der Waals surface area contributed by atoms with Crippen LogP contribution >= 0.6 is 0 Å². The third-order valence-corrected chi connectivity index (χ3v) is 12.5. The first-order chi connectivity index (χ1) is 27.1. The van der Waals surface area contributed by atoms with Gasteiger partial charge in [0.1, 0.15) is 28.1 Å². The lowest BCUT2D eigenvalue weighted by Gasteiger charge is -2.64. The third-order valence-electron chi connectivity index (χ3n) is 12.5. The van der Waals surface area contributed by atoms with E-state index in [0.29, 0.717) is 36.0 Å². The van der Waals surface area contributed by atoms with Gasteiger partial charge in [-0.15, -0.1) is 0 Å². The van der Waals surface area contributed by atoms with Crippen LogP contribution in [0.1, 0.15) is 144 Å². The molecule has 330 valence electrons. The number of alkyl carbamates (subject to hydrolysis) is 1. The molecule has 1 aromatic carbocycles. The summed E-state index contributed by atoms with van der Waals surface area (Å²) in [5.41, 5.74) is -2.94. The van der Waals surface area contributed by atoms with Crippen LogP contribution in [-0.2, 0) is 34.7 Å². The predicted octanol–water partition coefficient (Wildman–Crippen LogP) is 6.77. The molecule has 5 atom stereocenters. The van der Waals surface area contributed by atoms with Gasteiger partial charge in [0, 0.05) is 19.1 Å². The minimum atomic E-state index is -1.34. The van der Waals surface area contributed by atoms with Crippen LogP contribution in [0.2, 0.25) is 0 Å². The highest BCUT2D eigenvalue weighted by molar-refractivity contribution is 6.48. The van der Waals surface area contributed by atoms with E-state index >= 15 is 0 Å². The Kier molecular flexibility index (Phi) is 13.5. The van der Waals surface area contributed by atoms with Crippen molar-refractivity contribution in [2.24, 2.45) is 17.3 Å². The second-order valence-electron chi connectivity index (χ2n) is 20.9. The van der Waals surface area contributed by atoms with Crippen LogP contribution < -0.4 is 15.4 Å². The van der Waals surface area contributed by atoms with Gasteiger partial charge in [-0.25, -0.2) is 14.4 Å². The van der Waals surface area contributed by atoms with Gasteiger partial charge in [0.05, 0.1) is 36.8 Å². The molecule has 1 aromatic rings. The lowest BCUT2D eigenvalue weighted by Crippen LogP contribution is -2.65. The number of ether oxygens (including phenoxy) is 4. The van der Waals surface area contributed by atoms with Gasteiger partial charge in [-0.1, -0.05) is 26.0 Å². The fourth-order valence-corrected chi connectivity index (χ4v) is 9.52. The highest BCUT2D eigenvalue weighted by atomic mass is 16.7. The quantitative estimate of drug-likeness (QED) is 0.115. The van der Waals surface area contributed by atoms with Crippen LogP contribution in [-0.4, -0.2) is 107 Å². The summed E-state index contributed by atoms with van der Waals surface area (Å²) in [6.07, 6.45) is 2.10. The lowest BCUT2D eigenvalue weighted by atomic mass is 9.43. The van der Waals surface area contributed by atoms with E-state index in [1.807, 2.05) is 6.07 Å². The van der Waals surface area contributed by atoms with Gasteiger partial charge < -0.3 is 48.9 Å². The number of aliphatic hydroxyl groups is 1. The molecule has 2 bridgehead atoms. The van der Waals surface area contributed by atoms with Gasteiger partial charge in [-0.3, -0.25) is 4.79 Å². The number of nitrogens with zero attached hydrogens (tertiary/aromatic N) is 1. The van der Waals surface area contributed by atoms with E-state index in [1.165, 1.54) is 7.11 Å². The zero-order chi connectivity index (χ0) is 43.9. The van der Waals surface area contributed by atoms with E-state index < -0.39 is 59.2 Å². The van der Waals surface area contributed by atoms with Crippen LogP contribution in [0.15, 0.2) is 18.2 Å². The Balaban J connectivity index is 1.31. The number of esters is 1. The molecule has 15 heteroatoms. The number of hydrogen-bond donors (Lipinski definition) is 3. The summed E-state index contributed by atoms with van der Waals surface area (Å²) < 4.78 is 36.1. The summed E-state index contributed by atoms with van der Waals surface area (Å²) in [4.78, 5) is 54.7. The van der Waals surface area contributed by atoms with Gasteiger partial charge in [0.25, 0.3) is 0 Å². The summed E-state index contributed by atoms with van der Waals surface area (Å²) in [5, 5.41) is 17.8. The van der Waals surface area contributed by atoms with Crippen molar-refractivity contribution in [3.05, 3.63) is 29.3 Å². The monoisotopic (exact) mass is 828 g/mol. The molecular formula is C44H70BN3O11. The SMILES string of the molecule is COc1c(CC(NC(=O)CC2(O)CCC(N(CCNC(=O)OC(C)(C)C)C(=O)OC(C)(C)C)CC2)B2OC3CC4CC(C4(C)C)C3(C)O2)cccc1C(=O)OC(C)(C)C. The Labute approximate surface area is 351 Å². The Morgan fingerprint density at radius 2 is 1.56 bits per heavy atom. The predicted molar refractivity (Wildman–Crippen MR) is 223 cm³/mol. The van der Waals surface area contributed by atoms with E-state index in [9.17, 15) is 24.3 Å². The molecule has 0 aromatic heterocycles. The van der Waals surface area contributed by atoms with Crippen LogP contribution in [0, 0.1) is 17.3 Å². The van der Waals surface area contributed by atoms with Crippen molar-refractivity contribution in [1.29, 1.82) is 0 Å². The fraction of sp³-hybridized carbons (Fsp3) is 0.773. The molecule has 5 unspecified atom stereocenters. The Morgan fingerprint density at radius 1 is 0.932 bits per heavy atom. The van der Waals surface area contributed by atoms with Gasteiger partial charge in [-0.05, 0) is 143 Å². The van der Waals surface area contributed by atoms with Crippen molar-refractivity contribution >= 4 is 31.2 Å². The molecule has 3 N–H and O–H groups in total. The van der Waals surface area contributed by atoms with E-state index in [-0.39, 0.29) is 67.8 Å². The maximum atomic E-state index is 14.1. The molecule has 0 spiro atoms. The molecule has 59 heavy (non-hydrogen) atoms. The molecule has 5 fully saturated rings. The van der Waals surface area contributed by atoms with Gasteiger partial charge in [0.2, 0.25) is 5.91 Å². The average Bonchev–Trinajstić information content (AvgIpc) is 3.45. The summed E-state index contributed by atoms with van der Waals surface area (Å²) in [6, 6.07) is 4.99. The van der Waals surface area contributed by atoms with Crippen LogP contribution in [0.4, 0.5) is 9.59 Å². The minimum Gasteiger partial charge on any atom is -0.496 e. The van der Waals surface area contributed by atoms with Crippen molar-refractivity contribution in [3.63, 3.8) is 0 Å². The molecular weight excluding hydrogens is 757 g/mol. The highest BCUT2D eigenvalue weighted by Gasteiger charge is 2.68. The standard InChI is InChI=1S/C44H70BN3O11/c1-39(2,3)55-36(50)30-16-14-15-27(35(30)54-13)23-33(45-58-32-25-28-24-31(42(28,10)11)43(32,12)59-45)47-34(49)26-44(53)19-17-29(18-20-44)48(38(52)57-41(7,8)9)22-21-46-37(51)56-40(4,5)6/h14-16,28-29,31-33,53H,17-26H2,1-13H3,(H,46,51)(H,47,49). The first-order valence-electron chi connectivity index (χ1n) is 21.3. The van der Waals surface area contributed by atoms with Crippen molar-refractivity contribution in [3.8, 4) is 5.75 Å². The van der Waals surface area contributed by atoms with Crippen molar-refractivity contribution in [2.45, 2.75) is 181 Å². The maximum absolute atomic E-state index is 14.1. The van der Waals surface area contributed by atoms with Crippen LogP contribution in [0.3, 0.4) is 0 Å². The zero-order valence-electron chi connectivity index (χ0n) is 37.7. The third kappa shape index (κ3) is 11.2. The fourth-order valence-electron chi connectivity index (χ4n) is 9.52. The second kappa shape index (κ2) is 17.1. The smallest absolute Gasteiger partial charge is 0.482 e. The number of carbonyl (C=O) groups excluding carboxylic acids is 4. The zero-order valence-corrected chi connectivity index (χ0v) is 37.7. The molecule has 4 saturated carbocycles. The number of amides is 3. The molecule has 1 aliphatic heterocycles. The normalized spacial score (nSPS) is 28.0. The number of rotatable bonds is 12. The largest absolute Gasteiger partial charge is 0.496 e. The average molecular weight is 828 g/mol. The highest BCUT2D eigenvalue weighted by Crippen LogP contribution is 2.65. The summed E-state index contributed by atoms with van der Waals surface area (Å²) in [7, 11) is 0.710. The number of benzene rings is 1. The Morgan fingerprint density at radius 3 is 2.14 bits per heavy atom. The first kappa shape index (κ1) is 46.5. The lowest BCUT2D eigenvalue weighted by molar-refractivity contribution is -0.199. The Bertz CT molecular complexity index is 1710. The van der Waals surface area contributed by atoms with E-state index in [4.69, 9.17) is 28.3 Å². The minimum absolute atomic E-state index is 0.114. The molecule has 4 aliphatic carbocycles. The number of nitrogens with one attached hydrogen (secondary N) is 2. The van der Waals surface area contributed by atoms with E-state index in [1.54, 1.807) is 79.3 Å². The molecule has 6 rings (SSSR count). The molecule has 3 amide bonds. The summed E-state index contributed by atoms with van der Waals surface area (Å²) >= 11 is 0. The van der Waals surface area contributed by atoms with Crippen molar-refractivity contribution in [1.82, 2.24) is 15.5 Å². The molecule has 5 aliphatic rings. The second-order valence-corrected chi connectivity index (χ2v) is 20.9. The van der Waals surface area contributed by atoms with E-state index in [2.05, 4.69) is 31.4 Å². The molecule has 1 saturated heterocycles. The number of para-hydroxylation sites is 1. The van der Waals surface area contributed by atoms with Gasteiger partial charge in [0.15, 0.2) is 0 Å². The summed E-state index contributed by atoms with van der Waals surface area (Å²) in [6.45, 7) is 23.1. The maximum Gasteiger partial charge on any atom is 0.482 e. The molecule has 1 heterocycles. The van der Waals surface area contributed by atoms with Gasteiger partial charge >= 0.3 is 25.3 Å². The van der Waals surface area contributed by atoms with E-state index in [0.717, 1.165) is 12.8 Å². The number of carbonyl (C=O) groups is 4. The van der Waals surface area contributed by atoms with Crippen LogP contribution in [0.25, 0.3) is 0 Å². The number of hydrogen-bond acceptors (Lipinski definition) is 11. The summed E-state index contributed by atoms with van der Waals surface area (Å²) in [5.74, 6) is -0.404. The molecule has 14 nitrogen and oxygen atoms in total. The van der Waals surface area contributed by atoms with Gasteiger partial charge in [-0.2, -0.15) is 0 Å². The topological polar surface area (TPSA) is 171 Å².